The first-order valence-corrected chi connectivity index (χ1v) is 9.68. The van der Waals surface area contributed by atoms with Crippen LogP contribution in [0.25, 0.3) is 10.9 Å². The van der Waals surface area contributed by atoms with E-state index in [0.717, 1.165) is 25.7 Å². The molecule has 6 heteroatoms. The third-order valence-electron chi connectivity index (χ3n) is 5.32. The molecule has 0 saturated heterocycles. The summed E-state index contributed by atoms with van der Waals surface area (Å²) in [4.78, 5) is 30.4. The summed E-state index contributed by atoms with van der Waals surface area (Å²) >= 11 is 0. The standard InChI is InChI=1S/C22H22FN3O2/c23-18-12-6-4-10-16(18)14-20(27)25-26-21(15-8-2-1-3-9-15)24-19-13-7-5-11-17(19)22(26)28/h4-7,10-13,15H,1-3,8-9,14H2,(H,25,27). The first-order chi connectivity index (χ1) is 13.6. The van der Waals surface area contributed by atoms with Crippen LogP contribution < -0.4 is 11.0 Å². The second-order valence-electron chi connectivity index (χ2n) is 7.27. The number of rotatable bonds is 4. The summed E-state index contributed by atoms with van der Waals surface area (Å²) in [6.45, 7) is 0. The zero-order valence-electron chi connectivity index (χ0n) is 15.5. The van der Waals surface area contributed by atoms with Crippen LogP contribution in [0, 0.1) is 5.82 Å². The molecule has 3 aromatic rings. The average Bonchev–Trinajstić information content (AvgIpc) is 2.72. The van der Waals surface area contributed by atoms with Crippen molar-refractivity contribution in [1.29, 1.82) is 0 Å². The van der Waals surface area contributed by atoms with Crippen LogP contribution in [0.4, 0.5) is 4.39 Å². The second kappa shape index (κ2) is 7.92. The molecule has 4 rings (SSSR count). The van der Waals surface area contributed by atoms with Gasteiger partial charge in [-0.15, -0.1) is 0 Å². The molecule has 2 aromatic carbocycles. The number of nitrogens with zero attached hydrogens (tertiary/aromatic N) is 2. The van der Waals surface area contributed by atoms with Crippen molar-refractivity contribution in [2.75, 3.05) is 5.43 Å². The number of carbonyl (C=O) groups is 1. The van der Waals surface area contributed by atoms with Crippen molar-refractivity contribution in [3.63, 3.8) is 0 Å². The highest BCUT2D eigenvalue weighted by molar-refractivity contribution is 5.86. The maximum Gasteiger partial charge on any atom is 0.280 e. The molecule has 1 fully saturated rings. The van der Waals surface area contributed by atoms with Crippen molar-refractivity contribution in [2.45, 2.75) is 44.4 Å². The van der Waals surface area contributed by atoms with Gasteiger partial charge in [-0.25, -0.2) is 14.1 Å². The van der Waals surface area contributed by atoms with Gasteiger partial charge in [0.1, 0.15) is 11.6 Å². The number of amides is 1. The molecule has 0 radical (unpaired) electrons. The third-order valence-corrected chi connectivity index (χ3v) is 5.32. The molecule has 1 aliphatic carbocycles. The third kappa shape index (κ3) is 3.67. The Kier molecular flexibility index (Phi) is 5.19. The van der Waals surface area contributed by atoms with E-state index < -0.39 is 11.7 Å². The van der Waals surface area contributed by atoms with Gasteiger partial charge in [0.25, 0.3) is 5.56 Å². The maximum absolute atomic E-state index is 13.9. The zero-order chi connectivity index (χ0) is 19.5. The number of hydrogen-bond donors (Lipinski definition) is 1. The van der Waals surface area contributed by atoms with Gasteiger partial charge < -0.3 is 0 Å². The number of aromatic nitrogens is 2. The first-order valence-electron chi connectivity index (χ1n) is 9.68. The van der Waals surface area contributed by atoms with Crippen molar-refractivity contribution in [1.82, 2.24) is 9.66 Å². The van der Waals surface area contributed by atoms with Crippen LogP contribution >= 0.6 is 0 Å². The van der Waals surface area contributed by atoms with Gasteiger partial charge in [-0.3, -0.25) is 15.0 Å². The first kappa shape index (κ1) is 18.3. The van der Waals surface area contributed by atoms with Crippen LogP contribution in [-0.2, 0) is 11.2 Å². The molecule has 1 amide bonds. The highest BCUT2D eigenvalue weighted by Gasteiger charge is 2.23. The van der Waals surface area contributed by atoms with Crippen LogP contribution in [0.15, 0.2) is 53.3 Å². The summed E-state index contributed by atoms with van der Waals surface area (Å²) < 4.78 is 15.2. The van der Waals surface area contributed by atoms with Crippen molar-refractivity contribution in [3.05, 3.63) is 76.1 Å². The molecule has 0 aliphatic heterocycles. The number of benzene rings is 2. The van der Waals surface area contributed by atoms with E-state index in [9.17, 15) is 14.0 Å². The van der Waals surface area contributed by atoms with Gasteiger partial charge in [0, 0.05) is 5.92 Å². The predicted molar refractivity (Wildman–Crippen MR) is 106 cm³/mol. The number of halogens is 1. The van der Waals surface area contributed by atoms with Gasteiger partial charge in [0.15, 0.2) is 0 Å². The van der Waals surface area contributed by atoms with Crippen molar-refractivity contribution < 1.29 is 9.18 Å². The zero-order valence-corrected chi connectivity index (χ0v) is 15.5. The Hall–Kier alpha value is -3.02. The molecule has 5 nitrogen and oxygen atoms in total. The Morgan fingerprint density at radius 2 is 1.79 bits per heavy atom. The fourth-order valence-corrected chi connectivity index (χ4v) is 3.87. The Balaban J connectivity index is 1.71. The summed E-state index contributed by atoms with van der Waals surface area (Å²) in [5.74, 6) is -0.166. The van der Waals surface area contributed by atoms with Gasteiger partial charge in [-0.05, 0) is 36.6 Å². The van der Waals surface area contributed by atoms with Crippen molar-refractivity contribution >= 4 is 16.8 Å². The van der Waals surface area contributed by atoms with E-state index in [0.29, 0.717) is 22.3 Å². The normalized spacial score (nSPS) is 14.9. The van der Waals surface area contributed by atoms with Gasteiger partial charge in [-0.1, -0.05) is 49.6 Å². The van der Waals surface area contributed by atoms with Crippen LogP contribution in [0.3, 0.4) is 0 Å². The molecule has 1 heterocycles. The van der Waals surface area contributed by atoms with Crippen LogP contribution in [0.2, 0.25) is 0 Å². The number of hydrogen-bond acceptors (Lipinski definition) is 3. The Labute approximate surface area is 162 Å². The van der Waals surface area contributed by atoms with Gasteiger partial charge in [0.05, 0.1) is 17.3 Å². The Morgan fingerprint density at radius 1 is 1.07 bits per heavy atom. The van der Waals surface area contributed by atoms with E-state index in [-0.39, 0.29) is 17.9 Å². The molecule has 0 bridgehead atoms. The largest absolute Gasteiger partial charge is 0.280 e. The minimum atomic E-state index is -0.443. The van der Waals surface area contributed by atoms with E-state index in [1.165, 1.54) is 17.2 Å². The molecule has 1 aliphatic rings. The fraction of sp³-hybridized carbons (Fsp3) is 0.318. The Morgan fingerprint density at radius 3 is 2.57 bits per heavy atom. The molecule has 0 unspecified atom stereocenters. The molecule has 1 saturated carbocycles. The van der Waals surface area contributed by atoms with Gasteiger partial charge in [0.2, 0.25) is 5.91 Å². The second-order valence-corrected chi connectivity index (χ2v) is 7.27. The lowest BCUT2D eigenvalue weighted by Gasteiger charge is -2.24. The molecular weight excluding hydrogens is 357 g/mol. The Bertz CT molecular complexity index is 1070. The lowest BCUT2D eigenvalue weighted by atomic mass is 9.88. The van der Waals surface area contributed by atoms with Crippen LogP contribution in [0.5, 0.6) is 0 Å². The van der Waals surface area contributed by atoms with E-state index in [2.05, 4.69) is 5.43 Å². The molecular formula is C22H22FN3O2. The highest BCUT2D eigenvalue weighted by Crippen LogP contribution is 2.31. The number of nitrogens with one attached hydrogen (secondary N) is 1. The van der Waals surface area contributed by atoms with E-state index in [4.69, 9.17) is 4.98 Å². The molecule has 144 valence electrons. The van der Waals surface area contributed by atoms with E-state index in [1.54, 1.807) is 30.3 Å². The van der Waals surface area contributed by atoms with Crippen molar-refractivity contribution in [3.8, 4) is 0 Å². The molecule has 0 atom stereocenters. The van der Waals surface area contributed by atoms with Gasteiger partial charge in [-0.2, -0.15) is 0 Å². The molecule has 1 aromatic heterocycles. The smallest absolute Gasteiger partial charge is 0.273 e. The lowest BCUT2D eigenvalue weighted by Crippen LogP contribution is -2.38. The summed E-state index contributed by atoms with van der Waals surface area (Å²) in [5, 5.41) is 0.452. The summed E-state index contributed by atoms with van der Waals surface area (Å²) in [6, 6.07) is 13.3. The monoisotopic (exact) mass is 379 g/mol. The maximum atomic E-state index is 13.9. The van der Waals surface area contributed by atoms with E-state index >= 15 is 0 Å². The number of carbonyl (C=O) groups excluding carboxylic acids is 1. The van der Waals surface area contributed by atoms with Crippen molar-refractivity contribution in [2.24, 2.45) is 0 Å². The minimum absolute atomic E-state index is 0.125. The van der Waals surface area contributed by atoms with E-state index in [1.807, 2.05) is 12.1 Å². The number of fused-ring (bicyclic) bond motifs is 1. The molecule has 28 heavy (non-hydrogen) atoms. The van der Waals surface area contributed by atoms with Crippen LogP contribution in [-0.4, -0.2) is 15.6 Å². The highest BCUT2D eigenvalue weighted by atomic mass is 19.1. The topological polar surface area (TPSA) is 64.0 Å². The van der Waals surface area contributed by atoms with Gasteiger partial charge >= 0.3 is 0 Å². The quantitative estimate of drug-likeness (QED) is 0.748. The lowest BCUT2D eigenvalue weighted by molar-refractivity contribution is -0.116. The number of para-hydroxylation sites is 1. The molecule has 1 N–H and O–H groups in total. The summed E-state index contributed by atoms with van der Waals surface area (Å²) in [5.41, 5.74) is 3.31. The van der Waals surface area contributed by atoms with Crippen LogP contribution in [0.1, 0.15) is 49.4 Å². The minimum Gasteiger partial charge on any atom is -0.273 e. The fourth-order valence-electron chi connectivity index (χ4n) is 3.87. The SMILES string of the molecule is O=C(Cc1ccccc1F)Nn1c(C2CCCCC2)nc2ccccc2c1=O. The average molecular weight is 379 g/mol. The summed E-state index contributed by atoms with van der Waals surface area (Å²) in [7, 11) is 0. The summed E-state index contributed by atoms with van der Waals surface area (Å²) in [6.07, 6.45) is 5.07. The predicted octanol–water partition coefficient (Wildman–Crippen LogP) is 3.90. The molecule has 0 spiro atoms.